The fourth-order valence-corrected chi connectivity index (χ4v) is 7.49. The molecule has 0 radical (unpaired) electrons. The number of nitrogens with one attached hydrogen (secondary N) is 2. The molecule has 5 unspecified atom stereocenters. The first-order valence-corrected chi connectivity index (χ1v) is 14.4. The number of aliphatic hydroxyl groups is 1. The zero-order valence-electron chi connectivity index (χ0n) is 23.5. The lowest BCUT2D eigenvalue weighted by Gasteiger charge is -2.51. The summed E-state index contributed by atoms with van der Waals surface area (Å²) in [5.74, 6) is 7.88. The second-order valence-electron chi connectivity index (χ2n) is 12.1. The molecule has 0 aromatic heterocycles. The van der Waals surface area contributed by atoms with Gasteiger partial charge in [0.05, 0.1) is 18.3 Å². The summed E-state index contributed by atoms with van der Waals surface area (Å²) < 4.78 is 0. The van der Waals surface area contributed by atoms with Crippen LogP contribution in [0.5, 0.6) is 0 Å². The van der Waals surface area contributed by atoms with Gasteiger partial charge in [-0.3, -0.25) is 10.1 Å². The summed E-state index contributed by atoms with van der Waals surface area (Å²) in [7, 11) is 0. The van der Waals surface area contributed by atoms with Gasteiger partial charge in [-0.25, -0.2) is 0 Å². The number of allylic oxidation sites excluding steroid dienone is 4. The molecule has 5 atom stereocenters. The fourth-order valence-electron chi connectivity index (χ4n) is 7.49. The summed E-state index contributed by atoms with van der Waals surface area (Å²) in [6, 6.07) is 8.80. The van der Waals surface area contributed by atoms with Crippen LogP contribution in [-0.2, 0) is 4.79 Å². The average Bonchev–Trinajstić information content (AvgIpc) is 3.17. The van der Waals surface area contributed by atoms with Gasteiger partial charge in [0.15, 0.2) is 0 Å². The lowest BCUT2D eigenvalue weighted by Crippen LogP contribution is -2.51. The van der Waals surface area contributed by atoms with Gasteiger partial charge >= 0.3 is 0 Å². The topological polar surface area (TPSA) is 61.4 Å². The van der Waals surface area contributed by atoms with E-state index in [4.69, 9.17) is 0 Å². The van der Waals surface area contributed by atoms with E-state index in [2.05, 4.69) is 81.4 Å². The third kappa shape index (κ3) is 5.80. The lowest BCUT2D eigenvalue weighted by atomic mass is 9.53. The number of carbonyl (C=O) groups is 1. The Labute approximate surface area is 224 Å². The van der Waals surface area contributed by atoms with Crippen molar-refractivity contribution in [3.8, 4) is 11.8 Å². The predicted octanol–water partition coefficient (Wildman–Crippen LogP) is 5.87. The number of rotatable bonds is 8. The smallest absolute Gasteiger partial charge is 0.143 e. The van der Waals surface area contributed by atoms with Crippen LogP contribution in [0.4, 0.5) is 0 Å². The van der Waals surface area contributed by atoms with Crippen molar-refractivity contribution in [3.63, 3.8) is 0 Å². The number of hydrogen-bond acceptors (Lipinski definition) is 4. The van der Waals surface area contributed by atoms with E-state index in [1.54, 1.807) is 5.57 Å². The van der Waals surface area contributed by atoms with Crippen LogP contribution in [0.25, 0.3) is 0 Å². The minimum Gasteiger partial charge on any atom is -0.393 e. The van der Waals surface area contributed by atoms with Gasteiger partial charge in [-0.05, 0) is 111 Å². The molecule has 37 heavy (non-hydrogen) atoms. The largest absolute Gasteiger partial charge is 0.393 e. The molecule has 2 fully saturated rings. The van der Waals surface area contributed by atoms with E-state index in [1.807, 2.05) is 6.08 Å². The van der Waals surface area contributed by atoms with Crippen molar-refractivity contribution in [2.24, 2.45) is 17.3 Å². The van der Waals surface area contributed by atoms with Gasteiger partial charge in [0, 0.05) is 11.5 Å². The van der Waals surface area contributed by atoms with Gasteiger partial charge in [-0.2, -0.15) is 0 Å². The predicted molar refractivity (Wildman–Crippen MR) is 152 cm³/mol. The summed E-state index contributed by atoms with van der Waals surface area (Å²) >= 11 is 0. The van der Waals surface area contributed by atoms with Gasteiger partial charge in [0.1, 0.15) is 6.29 Å². The quantitative estimate of drug-likeness (QED) is 0.180. The number of aldehydes is 1. The molecule has 3 aliphatic carbocycles. The van der Waals surface area contributed by atoms with Crippen molar-refractivity contribution in [1.82, 2.24) is 10.6 Å². The molecule has 4 rings (SSSR count). The highest BCUT2D eigenvalue weighted by Crippen LogP contribution is 2.63. The number of hydrogen-bond donors (Lipinski definition) is 3. The van der Waals surface area contributed by atoms with Crippen molar-refractivity contribution in [1.29, 1.82) is 0 Å². The highest BCUT2D eigenvalue weighted by atomic mass is 16.3. The minimum absolute atomic E-state index is 0.0501. The van der Waals surface area contributed by atoms with Crippen LogP contribution in [0.15, 0.2) is 47.1 Å². The van der Waals surface area contributed by atoms with E-state index in [0.29, 0.717) is 18.4 Å². The summed E-state index contributed by atoms with van der Waals surface area (Å²) in [5, 5.41) is 17.9. The van der Waals surface area contributed by atoms with Crippen LogP contribution < -0.4 is 10.6 Å². The van der Waals surface area contributed by atoms with Crippen molar-refractivity contribution in [2.75, 3.05) is 13.1 Å². The molecule has 0 saturated heterocycles. The zero-order chi connectivity index (χ0) is 26.6. The summed E-state index contributed by atoms with van der Waals surface area (Å²) in [5.41, 5.74) is 6.39. The Hall–Kier alpha value is -2.19. The van der Waals surface area contributed by atoms with Gasteiger partial charge in [-0.15, -0.1) is 0 Å². The van der Waals surface area contributed by atoms with Gasteiger partial charge < -0.3 is 10.4 Å². The molecular formula is C33H46N2O2. The molecule has 1 aromatic carbocycles. The number of fused-ring (bicyclic) bond motifs is 3. The lowest BCUT2D eigenvalue weighted by molar-refractivity contribution is -0.104. The van der Waals surface area contributed by atoms with Crippen molar-refractivity contribution < 1.29 is 9.90 Å². The fraction of sp³-hybridized carbons (Fsp3) is 0.606. The Kier molecular flexibility index (Phi) is 8.79. The van der Waals surface area contributed by atoms with Crippen LogP contribution in [-0.4, -0.2) is 36.2 Å². The third-order valence-corrected chi connectivity index (χ3v) is 9.28. The molecule has 0 aliphatic heterocycles. The minimum atomic E-state index is -0.229. The highest BCUT2D eigenvalue weighted by molar-refractivity contribution is 5.69. The number of aliphatic hydroxyl groups excluding tert-OH is 1. The second kappa shape index (κ2) is 11.7. The van der Waals surface area contributed by atoms with Crippen molar-refractivity contribution in [2.45, 2.75) is 97.2 Å². The van der Waals surface area contributed by atoms with Crippen LogP contribution >= 0.6 is 0 Å². The standard InChI is InChI=1S/C33H46N2O2/c1-6-9-26-25(19-21-36)15-16-27-29-17-18-30(37)33(29,5)22-28(31(26)27)24-13-11-23(12-14-24)10-8-20-35-32(3,4)34-7-2/h11-14,19,21,27-30,34-35,37H,6-7,9,15-18,20,22H2,1-5H3/b25-19-. The van der Waals surface area contributed by atoms with Crippen molar-refractivity contribution >= 4 is 6.29 Å². The van der Waals surface area contributed by atoms with E-state index in [9.17, 15) is 9.90 Å². The van der Waals surface area contributed by atoms with Crippen LogP contribution in [0.1, 0.15) is 96.6 Å². The van der Waals surface area contributed by atoms with E-state index in [0.717, 1.165) is 63.3 Å². The number of carbonyl (C=O) groups excluding carboxylic acids is 1. The molecule has 1 aromatic rings. The zero-order valence-corrected chi connectivity index (χ0v) is 23.5. The van der Waals surface area contributed by atoms with E-state index in [1.165, 1.54) is 16.7 Å². The summed E-state index contributed by atoms with van der Waals surface area (Å²) in [4.78, 5) is 11.5. The maximum atomic E-state index is 11.5. The van der Waals surface area contributed by atoms with Crippen LogP contribution in [0, 0.1) is 29.1 Å². The Morgan fingerprint density at radius 2 is 1.89 bits per heavy atom. The molecule has 0 bridgehead atoms. The van der Waals surface area contributed by atoms with Crippen molar-refractivity contribution in [3.05, 3.63) is 58.2 Å². The molecule has 4 nitrogen and oxygen atoms in total. The highest BCUT2D eigenvalue weighted by Gasteiger charge is 2.56. The first-order valence-electron chi connectivity index (χ1n) is 14.4. The average molecular weight is 503 g/mol. The Morgan fingerprint density at radius 3 is 2.57 bits per heavy atom. The molecule has 2 saturated carbocycles. The van der Waals surface area contributed by atoms with E-state index in [-0.39, 0.29) is 23.1 Å². The van der Waals surface area contributed by atoms with Crippen LogP contribution in [0.3, 0.4) is 0 Å². The van der Waals surface area contributed by atoms with Crippen LogP contribution in [0.2, 0.25) is 0 Å². The first kappa shape index (κ1) is 27.8. The molecule has 3 N–H and O–H groups in total. The normalized spacial score (nSPS) is 30.5. The summed E-state index contributed by atoms with van der Waals surface area (Å²) in [6.07, 6.45) is 9.70. The maximum absolute atomic E-state index is 11.5. The van der Waals surface area contributed by atoms with Gasteiger partial charge in [0.2, 0.25) is 0 Å². The first-order chi connectivity index (χ1) is 17.7. The Morgan fingerprint density at radius 1 is 1.14 bits per heavy atom. The monoisotopic (exact) mass is 502 g/mol. The molecule has 0 spiro atoms. The Balaban J connectivity index is 1.65. The van der Waals surface area contributed by atoms with E-state index < -0.39 is 0 Å². The molecule has 4 heteroatoms. The molecule has 200 valence electrons. The SMILES string of the molecule is CCCC1=C2C(c3ccc(C#CCNC(C)(C)NCC)cc3)CC3(C)C(O)CCC3C2CC/C1=C/C=O. The van der Waals surface area contributed by atoms with E-state index >= 15 is 0 Å². The maximum Gasteiger partial charge on any atom is 0.143 e. The van der Waals surface area contributed by atoms with Gasteiger partial charge in [-0.1, -0.05) is 56.7 Å². The third-order valence-electron chi connectivity index (χ3n) is 9.28. The molecule has 0 amide bonds. The second-order valence-corrected chi connectivity index (χ2v) is 12.1. The summed E-state index contributed by atoms with van der Waals surface area (Å²) in [6.45, 7) is 12.5. The molecule has 0 heterocycles. The van der Waals surface area contributed by atoms with Gasteiger partial charge in [0.25, 0.3) is 0 Å². The number of benzene rings is 1. The molecule has 3 aliphatic rings. The Bertz CT molecular complexity index is 1090. The molecular weight excluding hydrogens is 456 g/mol.